The van der Waals surface area contributed by atoms with Crippen LogP contribution >= 0.6 is 11.3 Å². The Kier molecular flexibility index (Phi) is 8.63. The number of oxime groups is 1. The molecule has 1 unspecified atom stereocenters. The van der Waals surface area contributed by atoms with Crippen LogP contribution in [0.2, 0.25) is 0 Å². The molecule has 2 saturated heterocycles. The van der Waals surface area contributed by atoms with Crippen LogP contribution in [0.3, 0.4) is 0 Å². The standard InChI is InChI=1S/C30H40N6O7S/c1-16-31-20-6-5-18(11-25(20)44-16)22-14-36(34-32-22)26-27(38)23(41-24(15-37)28(26)39)13-19-12-21(33-43-19)17-7-9-35(10-8-17)29(40)42-30(2,3)4/h5-6,11,14,17,19,23-24,26-28,37-39H,7-10,12-13,15H2,1-4H3/t19?,23-,24-,26-,27+,28+/m1/s1. The maximum Gasteiger partial charge on any atom is 0.410 e. The average molecular weight is 629 g/mol. The van der Waals surface area contributed by atoms with Crippen LogP contribution in [0.5, 0.6) is 0 Å². The van der Waals surface area contributed by atoms with Crippen LogP contribution < -0.4 is 0 Å². The predicted molar refractivity (Wildman–Crippen MR) is 162 cm³/mol. The number of aryl methyl sites for hydroxylation is 1. The lowest BCUT2D eigenvalue weighted by atomic mass is 9.86. The summed E-state index contributed by atoms with van der Waals surface area (Å²) >= 11 is 1.59. The predicted octanol–water partition coefficient (Wildman–Crippen LogP) is 3.07. The van der Waals surface area contributed by atoms with Gasteiger partial charge in [-0.2, -0.15) is 0 Å². The second-order valence-corrected chi connectivity index (χ2v) is 14.1. The van der Waals surface area contributed by atoms with Gasteiger partial charge >= 0.3 is 6.09 Å². The number of hydrogen-bond acceptors (Lipinski definition) is 12. The summed E-state index contributed by atoms with van der Waals surface area (Å²) in [6, 6.07) is 4.97. The zero-order chi connectivity index (χ0) is 31.2. The van der Waals surface area contributed by atoms with E-state index in [1.807, 2.05) is 45.9 Å². The molecule has 3 N–H and O–H groups in total. The third-order valence-electron chi connectivity index (χ3n) is 8.47. The summed E-state index contributed by atoms with van der Waals surface area (Å²) < 4.78 is 14.0. The highest BCUT2D eigenvalue weighted by Crippen LogP contribution is 2.35. The Labute approximate surface area is 259 Å². The Morgan fingerprint density at radius 2 is 1.91 bits per heavy atom. The Balaban J connectivity index is 1.09. The number of thiazole rings is 1. The lowest BCUT2D eigenvalue weighted by Crippen LogP contribution is -2.56. The summed E-state index contributed by atoms with van der Waals surface area (Å²) in [4.78, 5) is 24.4. The minimum Gasteiger partial charge on any atom is -0.444 e. The van der Waals surface area contributed by atoms with E-state index in [4.69, 9.17) is 14.3 Å². The monoisotopic (exact) mass is 628 g/mol. The topological polar surface area (TPSA) is 165 Å². The number of carbonyl (C=O) groups is 1. The van der Waals surface area contributed by atoms with Gasteiger partial charge in [0.25, 0.3) is 0 Å². The van der Waals surface area contributed by atoms with Crippen LogP contribution in [0.1, 0.15) is 57.5 Å². The van der Waals surface area contributed by atoms with Gasteiger partial charge in [0, 0.05) is 37.4 Å². The first kappa shape index (κ1) is 30.8. The molecule has 0 radical (unpaired) electrons. The molecule has 5 heterocycles. The van der Waals surface area contributed by atoms with Crippen molar-refractivity contribution >= 4 is 33.4 Å². The van der Waals surface area contributed by atoms with Crippen LogP contribution in [0.15, 0.2) is 29.6 Å². The number of amides is 1. The van der Waals surface area contributed by atoms with Crippen LogP contribution in [-0.4, -0.2) is 108 Å². The summed E-state index contributed by atoms with van der Waals surface area (Å²) in [5.74, 6) is 0.192. The normalized spacial score (nSPS) is 28.2. The van der Waals surface area contributed by atoms with Crippen molar-refractivity contribution in [1.29, 1.82) is 0 Å². The first-order valence-corrected chi connectivity index (χ1v) is 15.9. The lowest BCUT2D eigenvalue weighted by Gasteiger charge is -2.42. The number of likely N-dealkylation sites (tertiary alicyclic amines) is 1. The van der Waals surface area contributed by atoms with Crippen molar-refractivity contribution in [2.45, 2.75) is 95.5 Å². The molecule has 6 atom stereocenters. The molecule has 3 aliphatic heterocycles. The SMILES string of the molecule is Cc1nc2ccc(-c3cn([C@H]4[C@@H](O)[C@@H](CO)O[C@H](CC5CC(C6CCN(C(=O)OC(C)(C)C)CC6)=NO5)[C@@H]4O)nn3)cc2s1. The Morgan fingerprint density at radius 1 is 1.16 bits per heavy atom. The van der Waals surface area contributed by atoms with Crippen LogP contribution in [0.4, 0.5) is 4.79 Å². The van der Waals surface area contributed by atoms with Crippen molar-refractivity contribution in [1.82, 2.24) is 24.9 Å². The van der Waals surface area contributed by atoms with E-state index in [1.165, 1.54) is 4.68 Å². The number of hydrogen-bond donors (Lipinski definition) is 3. The van der Waals surface area contributed by atoms with Gasteiger partial charge < -0.3 is 34.5 Å². The first-order valence-electron chi connectivity index (χ1n) is 15.1. The van der Waals surface area contributed by atoms with Crippen molar-refractivity contribution in [3.8, 4) is 11.3 Å². The average Bonchev–Trinajstić information content (AvgIpc) is 3.73. The third-order valence-corrected chi connectivity index (χ3v) is 9.40. The van der Waals surface area contributed by atoms with Gasteiger partial charge in [-0.1, -0.05) is 16.4 Å². The smallest absolute Gasteiger partial charge is 0.410 e. The van der Waals surface area contributed by atoms with Crippen molar-refractivity contribution in [2.75, 3.05) is 19.7 Å². The number of nitrogens with zero attached hydrogens (tertiary/aromatic N) is 6. The zero-order valence-electron chi connectivity index (χ0n) is 25.4. The third kappa shape index (κ3) is 6.45. The quantitative estimate of drug-likeness (QED) is 0.370. The van der Waals surface area contributed by atoms with Gasteiger partial charge in [-0.05, 0) is 52.7 Å². The van der Waals surface area contributed by atoms with Crippen molar-refractivity contribution in [2.24, 2.45) is 11.1 Å². The summed E-state index contributed by atoms with van der Waals surface area (Å²) in [5, 5.41) is 46.4. The van der Waals surface area contributed by atoms with E-state index in [-0.39, 0.29) is 18.1 Å². The van der Waals surface area contributed by atoms with E-state index < -0.39 is 42.7 Å². The molecule has 14 heteroatoms. The van der Waals surface area contributed by atoms with Gasteiger partial charge in [0.2, 0.25) is 0 Å². The molecule has 1 amide bonds. The molecule has 0 bridgehead atoms. The summed E-state index contributed by atoms with van der Waals surface area (Å²) in [6.45, 7) is 8.28. The molecular weight excluding hydrogens is 588 g/mol. The van der Waals surface area contributed by atoms with Crippen LogP contribution in [0.25, 0.3) is 21.5 Å². The number of aliphatic hydroxyl groups excluding tert-OH is 3. The molecule has 6 rings (SSSR count). The molecule has 238 valence electrons. The number of rotatable bonds is 6. The fraction of sp³-hybridized carbons (Fsp3) is 0.633. The van der Waals surface area contributed by atoms with E-state index in [1.54, 1.807) is 22.4 Å². The number of ether oxygens (including phenoxy) is 2. The van der Waals surface area contributed by atoms with Crippen LogP contribution in [-0.2, 0) is 14.3 Å². The molecule has 0 spiro atoms. The largest absolute Gasteiger partial charge is 0.444 e. The van der Waals surface area contributed by atoms with E-state index in [2.05, 4.69) is 20.5 Å². The number of carbonyl (C=O) groups excluding carboxylic acids is 1. The molecule has 0 saturated carbocycles. The lowest BCUT2D eigenvalue weighted by molar-refractivity contribution is -0.212. The molecule has 13 nitrogen and oxygen atoms in total. The summed E-state index contributed by atoms with van der Waals surface area (Å²) in [5.41, 5.74) is 2.76. The number of benzene rings is 1. The van der Waals surface area contributed by atoms with Crippen molar-refractivity contribution in [3.63, 3.8) is 0 Å². The molecule has 44 heavy (non-hydrogen) atoms. The van der Waals surface area contributed by atoms with Crippen LogP contribution in [0, 0.1) is 12.8 Å². The Hall–Kier alpha value is -3.17. The zero-order valence-corrected chi connectivity index (χ0v) is 26.2. The number of fused-ring (bicyclic) bond motifs is 1. The Morgan fingerprint density at radius 3 is 2.64 bits per heavy atom. The van der Waals surface area contributed by atoms with E-state index in [0.29, 0.717) is 31.6 Å². The highest BCUT2D eigenvalue weighted by atomic mass is 32.1. The van der Waals surface area contributed by atoms with E-state index in [9.17, 15) is 20.1 Å². The van der Waals surface area contributed by atoms with E-state index in [0.717, 1.165) is 39.3 Å². The molecule has 3 aromatic rings. The fourth-order valence-corrected chi connectivity index (χ4v) is 7.11. The molecular formula is C30H40N6O7S. The number of aromatic nitrogens is 4. The number of piperidine rings is 1. The van der Waals surface area contributed by atoms with Gasteiger partial charge in [0.1, 0.15) is 41.8 Å². The second-order valence-electron chi connectivity index (χ2n) is 12.9. The van der Waals surface area contributed by atoms with Crippen molar-refractivity contribution in [3.05, 3.63) is 29.4 Å². The van der Waals surface area contributed by atoms with Gasteiger partial charge in [0.15, 0.2) is 0 Å². The molecule has 3 aliphatic rings. The fourth-order valence-electron chi connectivity index (χ4n) is 6.24. The first-order chi connectivity index (χ1) is 21.0. The molecule has 2 aromatic heterocycles. The highest BCUT2D eigenvalue weighted by molar-refractivity contribution is 7.18. The molecule has 0 aliphatic carbocycles. The van der Waals surface area contributed by atoms with Gasteiger partial charge in [-0.25, -0.2) is 14.5 Å². The van der Waals surface area contributed by atoms with Crippen molar-refractivity contribution < 1.29 is 34.4 Å². The highest BCUT2D eigenvalue weighted by Gasteiger charge is 2.47. The van der Waals surface area contributed by atoms with Gasteiger partial charge in [-0.3, -0.25) is 0 Å². The van der Waals surface area contributed by atoms with Gasteiger partial charge in [0.05, 0.1) is 39.8 Å². The Bertz CT molecular complexity index is 1510. The second kappa shape index (κ2) is 12.3. The van der Waals surface area contributed by atoms with E-state index >= 15 is 0 Å². The molecule has 1 aromatic carbocycles. The van der Waals surface area contributed by atoms with Gasteiger partial charge in [-0.15, -0.1) is 16.4 Å². The molecule has 2 fully saturated rings. The number of aliphatic hydroxyl groups is 3. The maximum absolute atomic E-state index is 12.4. The summed E-state index contributed by atoms with van der Waals surface area (Å²) in [7, 11) is 0. The maximum atomic E-state index is 12.4. The minimum absolute atomic E-state index is 0.192. The summed E-state index contributed by atoms with van der Waals surface area (Å²) in [6.07, 6.45) is -0.519. The minimum atomic E-state index is -1.21.